The van der Waals surface area contributed by atoms with E-state index in [0.29, 0.717) is 24.2 Å². The van der Waals surface area contributed by atoms with Crippen molar-refractivity contribution in [1.82, 2.24) is 4.98 Å². The van der Waals surface area contributed by atoms with Crippen LogP contribution in [-0.4, -0.2) is 26.7 Å². The van der Waals surface area contributed by atoms with E-state index in [1.165, 1.54) is 6.20 Å². The first-order valence-corrected chi connectivity index (χ1v) is 6.90. The van der Waals surface area contributed by atoms with Crippen LogP contribution in [0.3, 0.4) is 0 Å². The Morgan fingerprint density at radius 3 is 2.82 bits per heavy atom. The van der Waals surface area contributed by atoms with Gasteiger partial charge in [0.05, 0.1) is 4.92 Å². The van der Waals surface area contributed by atoms with Gasteiger partial charge in [0, 0.05) is 24.6 Å². The van der Waals surface area contributed by atoms with Crippen molar-refractivity contribution in [3.63, 3.8) is 0 Å². The van der Waals surface area contributed by atoms with Crippen molar-refractivity contribution in [2.75, 3.05) is 5.32 Å². The van der Waals surface area contributed by atoms with E-state index in [0.717, 1.165) is 12.8 Å². The summed E-state index contributed by atoms with van der Waals surface area (Å²) in [5, 5.41) is 25.6. The third-order valence-electron chi connectivity index (χ3n) is 3.44. The maximum Gasteiger partial charge on any atom is 0.274 e. The van der Waals surface area contributed by atoms with Gasteiger partial charge in [-0.1, -0.05) is 11.2 Å². The zero-order valence-electron chi connectivity index (χ0n) is 11.9. The molecule has 8 heteroatoms. The number of anilines is 1. The van der Waals surface area contributed by atoms with Crippen molar-refractivity contribution in [3.8, 4) is 0 Å². The van der Waals surface area contributed by atoms with Crippen LogP contribution in [0.2, 0.25) is 0 Å². The van der Waals surface area contributed by atoms with Crippen LogP contribution in [0.15, 0.2) is 40.8 Å². The van der Waals surface area contributed by atoms with Gasteiger partial charge in [-0.3, -0.25) is 14.9 Å². The summed E-state index contributed by atoms with van der Waals surface area (Å²) >= 11 is 0. The molecule has 2 rings (SSSR count). The lowest BCUT2D eigenvalue weighted by atomic mass is 9.92. The Labute approximate surface area is 126 Å². The van der Waals surface area contributed by atoms with E-state index in [1.807, 2.05) is 0 Å². The fourth-order valence-electron chi connectivity index (χ4n) is 2.35. The largest absolute Gasteiger partial charge is 0.410 e. The molecule has 1 aliphatic rings. The normalized spacial score (nSPS) is 15.5. The number of hydrogen-bond donors (Lipinski definition) is 2. The summed E-state index contributed by atoms with van der Waals surface area (Å²) in [5.74, 6) is -0.303. The maximum atomic E-state index is 12.1. The molecule has 0 saturated carbocycles. The summed E-state index contributed by atoms with van der Waals surface area (Å²) in [6.45, 7) is 0. The first-order valence-electron chi connectivity index (χ1n) is 6.90. The molecule has 0 aromatic carbocycles. The van der Waals surface area contributed by atoms with Crippen molar-refractivity contribution in [2.45, 2.75) is 32.1 Å². The molecule has 1 aromatic rings. The van der Waals surface area contributed by atoms with Crippen LogP contribution in [0.1, 0.15) is 32.1 Å². The molecule has 0 saturated heterocycles. The van der Waals surface area contributed by atoms with Crippen LogP contribution in [0, 0.1) is 10.1 Å². The predicted molar refractivity (Wildman–Crippen MR) is 79.2 cm³/mol. The summed E-state index contributed by atoms with van der Waals surface area (Å²) in [6, 6.07) is 5.00. The van der Waals surface area contributed by atoms with E-state index in [1.54, 1.807) is 18.2 Å². The fraction of sp³-hybridized carbons (Fsp3) is 0.357. The molecule has 1 amide bonds. The van der Waals surface area contributed by atoms with Crippen LogP contribution in [0.25, 0.3) is 0 Å². The van der Waals surface area contributed by atoms with Crippen LogP contribution in [-0.2, 0) is 4.79 Å². The van der Waals surface area contributed by atoms with Gasteiger partial charge >= 0.3 is 0 Å². The summed E-state index contributed by atoms with van der Waals surface area (Å²) in [6.07, 6.45) is 3.97. The predicted octanol–water partition coefficient (Wildman–Crippen LogP) is 2.35. The molecule has 0 radical (unpaired) electrons. The number of allylic oxidation sites excluding steroid dienone is 2. The molecule has 22 heavy (non-hydrogen) atoms. The number of carbonyl (C=O) groups is 1. The Balaban J connectivity index is 2.12. The van der Waals surface area contributed by atoms with Gasteiger partial charge in [0.1, 0.15) is 11.5 Å². The summed E-state index contributed by atoms with van der Waals surface area (Å²) in [7, 11) is 0. The molecule has 0 fully saturated rings. The topological polar surface area (TPSA) is 118 Å². The Morgan fingerprint density at radius 2 is 2.18 bits per heavy atom. The first kappa shape index (κ1) is 15.6. The molecule has 2 N–H and O–H groups in total. The zero-order valence-corrected chi connectivity index (χ0v) is 11.9. The summed E-state index contributed by atoms with van der Waals surface area (Å²) < 4.78 is 0. The molecule has 1 heterocycles. The first-order chi connectivity index (χ1) is 10.6. The molecule has 1 aliphatic carbocycles. The lowest BCUT2D eigenvalue weighted by Gasteiger charge is -2.14. The van der Waals surface area contributed by atoms with Gasteiger partial charge in [0.2, 0.25) is 5.70 Å². The number of carbonyl (C=O) groups excluding carboxylic acids is 1. The van der Waals surface area contributed by atoms with Crippen LogP contribution in [0.5, 0.6) is 0 Å². The van der Waals surface area contributed by atoms with Gasteiger partial charge in [-0.2, -0.15) is 0 Å². The third-order valence-corrected chi connectivity index (χ3v) is 3.44. The van der Waals surface area contributed by atoms with Crippen molar-refractivity contribution in [3.05, 3.63) is 45.8 Å². The number of pyridine rings is 1. The van der Waals surface area contributed by atoms with Gasteiger partial charge in [0.25, 0.3) is 5.91 Å². The molecule has 8 nitrogen and oxygen atoms in total. The van der Waals surface area contributed by atoms with Crippen molar-refractivity contribution < 1.29 is 14.9 Å². The standard InChI is InChI=1S/C14H16N4O4/c19-14(16-13-7-3-4-8-15-13)11(17-20)9-10-5-1-2-6-12(10)18(21)22/h3-4,7-8,20H,1-2,5-6,9H2,(H,15,16,19). The Kier molecular flexibility index (Phi) is 5.18. The molecule has 0 unspecified atom stereocenters. The maximum absolute atomic E-state index is 12.1. The number of aromatic nitrogens is 1. The highest BCUT2D eigenvalue weighted by Gasteiger charge is 2.25. The Bertz CT molecular complexity index is 625. The number of nitro groups is 1. The number of nitrogens with zero attached hydrogens (tertiary/aromatic N) is 3. The van der Waals surface area contributed by atoms with Crippen molar-refractivity contribution in [2.24, 2.45) is 5.16 Å². The Morgan fingerprint density at radius 1 is 1.41 bits per heavy atom. The van der Waals surface area contributed by atoms with Gasteiger partial charge in [0.15, 0.2) is 0 Å². The lowest BCUT2D eigenvalue weighted by Crippen LogP contribution is -2.25. The molecule has 116 valence electrons. The molecule has 0 aliphatic heterocycles. The second-order valence-corrected chi connectivity index (χ2v) is 4.91. The quantitative estimate of drug-likeness (QED) is 0.374. The van der Waals surface area contributed by atoms with Gasteiger partial charge < -0.3 is 10.5 Å². The van der Waals surface area contributed by atoms with E-state index < -0.39 is 10.8 Å². The number of rotatable bonds is 5. The fourth-order valence-corrected chi connectivity index (χ4v) is 2.35. The van der Waals surface area contributed by atoms with Crippen LogP contribution >= 0.6 is 0 Å². The number of oxime groups is 1. The molecule has 0 spiro atoms. The smallest absolute Gasteiger partial charge is 0.274 e. The molecular weight excluding hydrogens is 288 g/mol. The van der Waals surface area contributed by atoms with Gasteiger partial charge in [-0.15, -0.1) is 0 Å². The van der Waals surface area contributed by atoms with E-state index in [4.69, 9.17) is 5.21 Å². The number of amides is 1. The van der Waals surface area contributed by atoms with Crippen LogP contribution in [0.4, 0.5) is 5.82 Å². The highest BCUT2D eigenvalue weighted by Crippen LogP contribution is 2.27. The zero-order chi connectivity index (χ0) is 15.9. The monoisotopic (exact) mass is 304 g/mol. The van der Waals surface area contributed by atoms with Crippen LogP contribution < -0.4 is 5.32 Å². The highest BCUT2D eigenvalue weighted by molar-refractivity contribution is 6.43. The molecule has 1 aromatic heterocycles. The molecular formula is C14H16N4O4. The van der Waals surface area contributed by atoms with E-state index in [2.05, 4.69) is 15.5 Å². The van der Waals surface area contributed by atoms with Crippen molar-refractivity contribution in [1.29, 1.82) is 0 Å². The second kappa shape index (κ2) is 7.30. The third kappa shape index (κ3) is 3.87. The average Bonchev–Trinajstić information content (AvgIpc) is 2.53. The summed E-state index contributed by atoms with van der Waals surface area (Å²) in [5.41, 5.74) is 0.500. The van der Waals surface area contributed by atoms with E-state index in [9.17, 15) is 14.9 Å². The minimum absolute atomic E-state index is 0.0362. The van der Waals surface area contributed by atoms with Gasteiger partial charge in [-0.25, -0.2) is 4.98 Å². The minimum Gasteiger partial charge on any atom is -0.410 e. The lowest BCUT2D eigenvalue weighted by molar-refractivity contribution is -0.430. The molecule has 0 atom stereocenters. The van der Waals surface area contributed by atoms with Gasteiger partial charge in [-0.05, 0) is 31.4 Å². The van der Waals surface area contributed by atoms with E-state index >= 15 is 0 Å². The highest BCUT2D eigenvalue weighted by atomic mass is 16.6. The molecule has 0 bridgehead atoms. The number of hydrogen-bond acceptors (Lipinski definition) is 6. The number of nitrogens with one attached hydrogen (secondary N) is 1. The van der Waals surface area contributed by atoms with Crippen molar-refractivity contribution >= 4 is 17.4 Å². The summed E-state index contributed by atoms with van der Waals surface area (Å²) in [4.78, 5) is 26.6. The average molecular weight is 304 g/mol. The second-order valence-electron chi connectivity index (χ2n) is 4.91. The van der Waals surface area contributed by atoms with E-state index in [-0.39, 0.29) is 17.8 Å². The Hall–Kier alpha value is -2.77. The SMILES string of the molecule is O=C(Nc1ccccn1)C(CC1=C([N+](=O)[O-])CCCC1)=NO. The minimum atomic E-state index is -0.623.